The number of ether oxygens (including phenoxy) is 1. The molecule has 2 aliphatic rings. The minimum atomic E-state index is 0.120. The Morgan fingerprint density at radius 1 is 1.42 bits per heavy atom. The molecule has 1 aromatic heterocycles. The van der Waals surface area contributed by atoms with Gasteiger partial charge in [0.1, 0.15) is 12.4 Å². The third-order valence-electron chi connectivity index (χ3n) is 5.05. The van der Waals surface area contributed by atoms with Crippen molar-refractivity contribution in [3.63, 3.8) is 0 Å². The van der Waals surface area contributed by atoms with Crippen molar-refractivity contribution in [2.45, 2.75) is 32.4 Å². The second-order valence-electron chi connectivity index (χ2n) is 6.77. The molecule has 2 atom stereocenters. The van der Waals surface area contributed by atoms with Gasteiger partial charge in [0.25, 0.3) is 5.91 Å². The zero-order valence-electron chi connectivity index (χ0n) is 13.8. The van der Waals surface area contributed by atoms with Crippen molar-refractivity contribution < 1.29 is 9.53 Å². The summed E-state index contributed by atoms with van der Waals surface area (Å²) in [6.07, 6.45) is 2.05. The van der Waals surface area contributed by atoms with Crippen LogP contribution in [0.25, 0.3) is 10.4 Å². The smallest absolute Gasteiger partial charge is 0.264 e. The third kappa shape index (κ3) is 2.62. The lowest BCUT2D eigenvalue weighted by Gasteiger charge is -2.37. The lowest BCUT2D eigenvalue weighted by Crippen LogP contribution is -2.49. The second kappa shape index (κ2) is 6.22. The van der Waals surface area contributed by atoms with E-state index in [0.29, 0.717) is 19.1 Å². The van der Waals surface area contributed by atoms with Crippen molar-refractivity contribution in [3.05, 3.63) is 40.8 Å². The quantitative estimate of drug-likeness (QED) is 0.909. The van der Waals surface area contributed by atoms with Crippen LogP contribution < -0.4 is 10.5 Å². The fraction of sp³-hybridized carbons (Fsp3) is 0.421. The molecule has 1 saturated heterocycles. The molecular weight excluding hydrogens is 320 g/mol. The van der Waals surface area contributed by atoms with E-state index >= 15 is 0 Å². The van der Waals surface area contributed by atoms with Crippen molar-refractivity contribution in [2.75, 3.05) is 13.1 Å². The van der Waals surface area contributed by atoms with Gasteiger partial charge in [0.15, 0.2) is 0 Å². The summed E-state index contributed by atoms with van der Waals surface area (Å²) in [5, 5.41) is 0. The number of nitrogens with two attached hydrogens (primary N) is 1. The Morgan fingerprint density at radius 2 is 2.25 bits per heavy atom. The maximum atomic E-state index is 13.0. The fourth-order valence-electron chi connectivity index (χ4n) is 3.69. The highest BCUT2D eigenvalue weighted by atomic mass is 32.1. The number of amides is 1. The average Bonchev–Trinajstić information content (AvgIpc) is 3.05. The molecule has 1 amide bonds. The summed E-state index contributed by atoms with van der Waals surface area (Å²) in [5.41, 5.74) is 8.12. The summed E-state index contributed by atoms with van der Waals surface area (Å²) < 4.78 is 5.81. The SMILES string of the molecule is CC1CCN(C(=O)c2cc3c(s2)-c2ccccc2OC3)C(CN)C1. The zero-order chi connectivity index (χ0) is 16.7. The van der Waals surface area contributed by atoms with Crippen molar-refractivity contribution >= 4 is 17.2 Å². The molecule has 3 heterocycles. The Kier molecular flexibility index (Phi) is 4.06. The summed E-state index contributed by atoms with van der Waals surface area (Å²) in [4.78, 5) is 17.0. The van der Waals surface area contributed by atoms with E-state index in [9.17, 15) is 4.79 Å². The second-order valence-corrected chi connectivity index (χ2v) is 7.82. The van der Waals surface area contributed by atoms with Crippen LogP contribution in [0.1, 0.15) is 35.0 Å². The van der Waals surface area contributed by atoms with Gasteiger partial charge in [-0.3, -0.25) is 4.79 Å². The molecule has 2 aliphatic heterocycles. The first-order chi connectivity index (χ1) is 11.7. The van der Waals surface area contributed by atoms with Gasteiger partial charge in [0.2, 0.25) is 0 Å². The number of piperidine rings is 1. The Balaban J connectivity index is 1.65. The zero-order valence-corrected chi connectivity index (χ0v) is 14.6. The van der Waals surface area contributed by atoms with Gasteiger partial charge in [-0.15, -0.1) is 11.3 Å². The van der Waals surface area contributed by atoms with Crippen molar-refractivity contribution in [2.24, 2.45) is 11.7 Å². The molecule has 1 fully saturated rings. The predicted octanol–water partition coefficient (Wildman–Crippen LogP) is 3.51. The molecule has 2 N–H and O–H groups in total. The summed E-state index contributed by atoms with van der Waals surface area (Å²) in [6, 6.07) is 10.2. The molecule has 2 aromatic rings. The number of benzene rings is 1. The van der Waals surface area contributed by atoms with Gasteiger partial charge >= 0.3 is 0 Å². The van der Waals surface area contributed by atoms with Crippen LogP contribution >= 0.6 is 11.3 Å². The summed E-state index contributed by atoms with van der Waals surface area (Å²) in [6.45, 7) is 4.11. The number of hydrogen-bond donors (Lipinski definition) is 1. The van der Waals surface area contributed by atoms with E-state index in [1.54, 1.807) is 11.3 Å². The lowest BCUT2D eigenvalue weighted by molar-refractivity contribution is 0.0578. The van der Waals surface area contributed by atoms with Crippen LogP contribution in [-0.4, -0.2) is 29.9 Å². The minimum absolute atomic E-state index is 0.120. The number of para-hydroxylation sites is 1. The van der Waals surface area contributed by atoms with E-state index in [0.717, 1.165) is 46.0 Å². The molecule has 126 valence electrons. The van der Waals surface area contributed by atoms with Crippen LogP contribution in [0.2, 0.25) is 0 Å². The molecule has 0 spiro atoms. The number of nitrogens with zero attached hydrogens (tertiary/aromatic N) is 1. The molecule has 0 bridgehead atoms. The van der Waals surface area contributed by atoms with Gasteiger partial charge in [-0.25, -0.2) is 0 Å². The maximum absolute atomic E-state index is 13.0. The number of rotatable bonds is 2. The van der Waals surface area contributed by atoms with E-state index in [4.69, 9.17) is 10.5 Å². The largest absolute Gasteiger partial charge is 0.488 e. The topological polar surface area (TPSA) is 55.6 Å². The predicted molar refractivity (Wildman–Crippen MR) is 96.4 cm³/mol. The fourth-order valence-corrected chi connectivity index (χ4v) is 4.84. The van der Waals surface area contributed by atoms with E-state index < -0.39 is 0 Å². The highest BCUT2D eigenvalue weighted by Gasteiger charge is 2.31. The van der Waals surface area contributed by atoms with Crippen LogP contribution in [0.3, 0.4) is 0 Å². The van der Waals surface area contributed by atoms with Gasteiger partial charge in [-0.2, -0.15) is 0 Å². The summed E-state index contributed by atoms with van der Waals surface area (Å²) in [7, 11) is 0. The highest BCUT2D eigenvalue weighted by Crippen LogP contribution is 2.42. The van der Waals surface area contributed by atoms with Crippen LogP contribution in [-0.2, 0) is 6.61 Å². The van der Waals surface area contributed by atoms with E-state index in [1.165, 1.54) is 0 Å². The molecule has 4 rings (SSSR count). The first-order valence-corrected chi connectivity index (χ1v) is 9.35. The Bertz CT molecular complexity index is 770. The Hall–Kier alpha value is -1.85. The van der Waals surface area contributed by atoms with Gasteiger partial charge in [-0.1, -0.05) is 19.1 Å². The number of carbonyl (C=O) groups is 1. The summed E-state index contributed by atoms with van der Waals surface area (Å²) >= 11 is 1.58. The molecule has 5 heteroatoms. The monoisotopic (exact) mass is 342 g/mol. The molecule has 0 radical (unpaired) electrons. The average molecular weight is 342 g/mol. The molecule has 24 heavy (non-hydrogen) atoms. The first-order valence-electron chi connectivity index (χ1n) is 8.53. The Labute approximate surface area is 146 Å². The van der Waals surface area contributed by atoms with Crippen LogP contribution in [0.15, 0.2) is 30.3 Å². The van der Waals surface area contributed by atoms with Crippen LogP contribution in [0.5, 0.6) is 5.75 Å². The van der Waals surface area contributed by atoms with Gasteiger partial charge < -0.3 is 15.4 Å². The molecular formula is C19H22N2O2S. The third-order valence-corrected chi connectivity index (χ3v) is 6.24. The minimum Gasteiger partial charge on any atom is -0.488 e. The number of fused-ring (bicyclic) bond motifs is 3. The standard InChI is InChI=1S/C19H22N2O2S/c1-12-6-7-21(14(8-12)10-20)19(22)17-9-13-11-23-16-5-3-2-4-15(16)18(13)24-17/h2-5,9,12,14H,6-8,10-11,20H2,1H3. The first kappa shape index (κ1) is 15.7. The van der Waals surface area contributed by atoms with Gasteiger partial charge in [0, 0.05) is 35.1 Å². The highest BCUT2D eigenvalue weighted by molar-refractivity contribution is 7.17. The van der Waals surface area contributed by atoms with E-state index in [-0.39, 0.29) is 11.9 Å². The van der Waals surface area contributed by atoms with E-state index in [1.807, 2.05) is 29.2 Å². The normalized spacial score (nSPS) is 22.5. The number of thiophene rings is 1. The maximum Gasteiger partial charge on any atom is 0.264 e. The molecule has 2 unspecified atom stereocenters. The van der Waals surface area contributed by atoms with Gasteiger partial charge in [-0.05, 0) is 37.0 Å². The molecule has 1 aromatic carbocycles. The Morgan fingerprint density at radius 3 is 3.08 bits per heavy atom. The van der Waals surface area contributed by atoms with Gasteiger partial charge in [0.05, 0.1) is 4.88 Å². The lowest BCUT2D eigenvalue weighted by atomic mass is 9.92. The molecule has 0 aliphatic carbocycles. The molecule has 0 saturated carbocycles. The van der Waals surface area contributed by atoms with Crippen molar-refractivity contribution in [1.82, 2.24) is 4.90 Å². The number of carbonyl (C=O) groups excluding carboxylic acids is 1. The van der Waals surface area contributed by atoms with Crippen molar-refractivity contribution in [3.8, 4) is 16.2 Å². The van der Waals surface area contributed by atoms with Crippen LogP contribution in [0, 0.1) is 5.92 Å². The molecule has 4 nitrogen and oxygen atoms in total. The van der Waals surface area contributed by atoms with Crippen molar-refractivity contribution in [1.29, 1.82) is 0 Å². The number of hydrogen-bond acceptors (Lipinski definition) is 4. The van der Waals surface area contributed by atoms with Crippen LogP contribution in [0.4, 0.5) is 0 Å². The summed E-state index contributed by atoms with van der Waals surface area (Å²) in [5.74, 6) is 1.66. The van der Waals surface area contributed by atoms with E-state index in [2.05, 4.69) is 13.0 Å². The number of likely N-dealkylation sites (tertiary alicyclic amines) is 1.